The number of rotatable bonds is 6. The summed E-state index contributed by atoms with van der Waals surface area (Å²) in [7, 11) is 0. The van der Waals surface area contributed by atoms with Crippen molar-refractivity contribution in [3.8, 4) is 5.75 Å². The van der Waals surface area contributed by atoms with E-state index in [9.17, 15) is 15.0 Å². The summed E-state index contributed by atoms with van der Waals surface area (Å²) < 4.78 is 0. The Morgan fingerprint density at radius 2 is 1.67 bits per heavy atom. The number of nitrogens with one attached hydrogen (secondary N) is 1. The van der Waals surface area contributed by atoms with Gasteiger partial charge in [0, 0.05) is 0 Å². The van der Waals surface area contributed by atoms with E-state index in [1.165, 1.54) is 0 Å². The molecule has 110 valence electrons. The maximum atomic E-state index is 12.0. The zero-order valence-electron chi connectivity index (χ0n) is 11.7. The number of hydrogen-bond acceptors (Lipinski definition) is 3. The van der Waals surface area contributed by atoms with Crippen molar-refractivity contribution in [1.82, 2.24) is 5.32 Å². The van der Waals surface area contributed by atoms with E-state index in [4.69, 9.17) is 0 Å². The topological polar surface area (TPSA) is 69.6 Å². The summed E-state index contributed by atoms with van der Waals surface area (Å²) in [5.41, 5.74) is 1.89. The van der Waals surface area contributed by atoms with Crippen LogP contribution in [0.4, 0.5) is 0 Å². The van der Waals surface area contributed by atoms with E-state index in [0.29, 0.717) is 6.42 Å². The van der Waals surface area contributed by atoms with Crippen molar-refractivity contribution >= 4 is 5.91 Å². The SMILES string of the molecule is O=C(Cc1ccc(O)cc1)N[C@@H](CO)Cc1ccccc1. The van der Waals surface area contributed by atoms with Crippen LogP contribution in [0.2, 0.25) is 0 Å². The number of aromatic hydroxyl groups is 1. The van der Waals surface area contributed by atoms with Crippen LogP contribution in [0.5, 0.6) is 5.75 Å². The van der Waals surface area contributed by atoms with Crippen molar-refractivity contribution in [3.63, 3.8) is 0 Å². The minimum Gasteiger partial charge on any atom is -0.508 e. The van der Waals surface area contributed by atoms with Crippen LogP contribution < -0.4 is 5.32 Å². The van der Waals surface area contributed by atoms with E-state index in [2.05, 4.69) is 5.32 Å². The molecule has 2 aromatic carbocycles. The van der Waals surface area contributed by atoms with E-state index in [1.807, 2.05) is 30.3 Å². The molecule has 0 spiro atoms. The monoisotopic (exact) mass is 285 g/mol. The number of aliphatic hydroxyl groups excluding tert-OH is 1. The molecule has 0 bridgehead atoms. The number of phenols is 1. The summed E-state index contributed by atoms with van der Waals surface area (Å²) in [6.45, 7) is -0.101. The van der Waals surface area contributed by atoms with E-state index in [-0.39, 0.29) is 30.7 Å². The van der Waals surface area contributed by atoms with Gasteiger partial charge in [0.1, 0.15) is 5.75 Å². The molecule has 4 nitrogen and oxygen atoms in total. The van der Waals surface area contributed by atoms with Gasteiger partial charge in [-0.2, -0.15) is 0 Å². The highest BCUT2D eigenvalue weighted by Gasteiger charge is 2.12. The predicted octanol–water partition coefficient (Wildman–Crippen LogP) is 1.65. The van der Waals surface area contributed by atoms with Crippen molar-refractivity contribution in [3.05, 3.63) is 65.7 Å². The van der Waals surface area contributed by atoms with Gasteiger partial charge >= 0.3 is 0 Å². The number of carbonyl (C=O) groups is 1. The molecule has 0 saturated carbocycles. The molecule has 0 heterocycles. The van der Waals surface area contributed by atoms with Gasteiger partial charge in [0.15, 0.2) is 0 Å². The van der Waals surface area contributed by atoms with Crippen LogP contribution in [0.15, 0.2) is 54.6 Å². The molecule has 0 saturated heterocycles. The maximum Gasteiger partial charge on any atom is 0.224 e. The first-order valence-corrected chi connectivity index (χ1v) is 6.89. The Kier molecular flexibility index (Phi) is 5.35. The van der Waals surface area contributed by atoms with E-state index in [0.717, 1.165) is 11.1 Å². The van der Waals surface area contributed by atoms with Crippen LogP contribution in [0, 0.1) is 0 Å². The smallest absolute Gasteiger partial charge is 0.224 e. The Balaban J connectivity index is 1.89. The molecule has 0 aliphatic heterocycles. The molecule has 1 amide bonds. The molecule has 0 aliphatic rings. The number of hydrogen-bond donors (Lipinski definition) is 3. The highest BCUT2D eigenvalue weighted by Crippen LogP contribution is 2.10. The van der Waals surface area contributed by atoms with Gasteiger partial charge in [-0.1, -0.05) is 42.5 Å². The third kappa shape index (κ3) is 4.93. The Hall–Kier alpha value is -2.33. The van der Waals surface area contributed by atoms with E-state index < -0.39 is 0 Å². The molecule has 4 heteroatoms. The van der Waals surface area contributed by atoms with Crippen LogP contribution in [-0.4, -0.2) is 28.8 Å². The molecule has 21 heavy (non-hydrogen) atoms. The van der Waals surface area contributed by atoms with Crippen molar-refractivity contribution in [2.45, 2.75) is 18.9 Å². The summed E-state index contributed by atoms with van der Waals surface area (Å²) in [4.78, 5) is 12.0. The molecule has 3 N–H and O–H groups in total. The summed E-state index contributed by atoms with van der Waals surface area (Å²) in [5, 5.41) is 21.4. The molecule has 0 fully saturated rings. The zero-order chi connectivity index (χ0) is 15.1. The molecule has 2 aromatic rings. The van der Waals surface area contributed by atoms with E-state index in [1.54, 1.807) is 24.3 Å². The van der Waals surface area contributed by atoms with Crippen LogP contribution >= 0.6 is 0 Å². The largest absolute Gasteiger partial charge is 0.508 e. The van der Waals surface area contributed by atoms with Crippen molar-refractivity contribution in [2.24, 2.45) is 0 Å². The fourth-order valence-corrected chi connectivity index (χ4v) is 2.14. The lowest BCUT2D eigenvalue weighted by Crippen LogP contribution is -2.39. The summed E-state index contributed by atoms with van der Waals surface area (Å²) in [6, 6.07) is 16.0. The number of carbonyl (C=O) groups excluding carboxylic acids is 1. The summed E-state index contributed by atoms with van der Waals surface area (Å²) >= 11 is 0. The van der Waals surface area contributed by atoms with Gasteiger partial charge in [0.25, 0.3) is 0 Å². The Morgan fingerprint density at radius 1 is 1.00 bits per heavy atom. The molecule has 0 aromatic heterocycles. The van der Waals surface area contributed by atoms with Crippen molar-refractivity contribution in [1.29, 1.82) is 0 Å². The van der Waals surface area contributed by atoms with Gasteiger partial charge in [0.05, 0.1) is 19.1 Å². The summed E-state index contributed by atoms with van der Waals surface area (Å²) in [5.74, 6) is 0.0344. The average molecular weight is 285 g/mol. The highest BCUT2D eigenvalue weighted by molar-refractivity contribution is 5.78. The third-order valence-corrected chi connectivity index (χ3v) is 3.21. The zero-order valence-corrected chi connectivity index (χ0v) is 11.7. The molecule has 1 atom stereocenters. The highest BCUT2D eigenvalue weighted by atomic mass is 16.3. The van der Waals surface area contributed by atoms with Gasteiger partial charge in [-0.15, -0.1) is 0 Å². The quantitative estimate of drug-likeness (QED) is 0.756. The molecular weight excluding hydrogens is 266 g/mol. The normalized spacial score (nSPS) is 11.9. The second-order valence-corrected chi connectivity index (χ2v) is 4.98. The Morgan fingerprint density at radius 3 is 2.29 bits per heavy atom. The lowest BCUT2D eigenvalue weighted by molar-refractivity contribution is -0.121. The number of aliphatic hydroxyl groups is 1. The molecular formula is C17H19NO3. The molecule has 2 rings (SSSR count). The number of benzene rings is 2. The lowest BCUT2D eigenvalue weighted by Gasteiger charge is -2.16. The number of phenolic OH excluding ortho intramolecular Hbond substituents is 1. The van der Waals surface area contributed by atoms with Gasteiger partial charge in [-0.05, 0) is 29.7 Å². The van der Waals surface area contributed by atoms with Gasteiger partial charge in [-0.3, -0.25) is 4.79 Å². The minimum atomic E-state index is -0.294. The second-order valence-electron chi connectivity index (χ2n) is 4.98. The summed E-state index contributed by atoms with van der Waals surface area (Å²) in [6.07, 6.45) is 0.824. The Bertz CT molecular complexity index is 566. The lowest BCUT2D eigenvalue weighted by atomic mass is 10.1. The third-order valence-electron chi connectivity index (χ3n) is 3.21. The first-order valence-electron chi connectivity index (χ1n) is 6.89. The van der Waals surface area contributed by atoms with Crippen molar-refractivity contribution in [2.75, 3.05) is 6.61 Å². The van der Waals surface area contributed by atoms with Crippen LogP contribution in [0.25, 0.3) is 0 Å². The number of amides is 1. The Labute approximate surface area is 124 Å². The van der Waals surface area contributed by atoms with Gasteiger partial charge < -0.3 is 15.5 Å². The fraction of sp³-hybridized carbons (Fsp3) is 0.235. The first kappa shape index (κ1) is 15.1. The van der Waals surface area contributed by atoms with Crippen LogP contribution in [0.1, 0.15) is 11.1 Å². The fourth-order valence-electron chi connectivity index (χ4n) is 2.14. The molecule has 0 radical (unpaired) electrons. The molecule has 0 unspecified atom stereocenters. The van der Waals surface area contributed by atoms with Crippen LogP contribution in [0.3, 0.4) is 0 Å². The van der Waals surface area contributed by atoms with Gasteiger partial charge in [-0.25, -0.2) is 0 Å². The van der Waals surface area contributed by atoms with E-state index >= 15 is 0 Å². The maximum absolute atomic E-state index is 12.0. The van der Waals surface area contributed by atoms with Crippen LogP contribution in [-0.2, 0) is 17.6 Å². The predicted molar refractivity (Wildman–Crippen MR) is 81.0 cm³/mol. The van der Waals surface area contributed by atoms with Gasteiger partial charge in [0.2, 0.25) is 5.91 Å². The average Bonchev–Trinajstić information content (AvgIpc) is 2.50. The second kappa shape index (κ2) is 7.45. The first-order chi connectivity index (χ1) is 10.2. The minimum absolute atomic E-state index is 0.101. The van der Waals surface area contributed by atoms with Crippen molar-refractivity contribution < 1.29 is 15.0 Å². The standard InChI is InChI=1S/C17H19NO3/c19-12-15(10-13-4-2-1-3-5-13)18-17(21)11-14-6-8-16(20)9-7-14/h1-9,15,19-20H,10-12H2,(H,18,21)/t15-/m1/s1. The molecule has 0 aliphatic carbocycles.